The number of carbonyl (C=O) groups excluding carboxylic acids is 2. The molecule has 0 unspecified atom stereocenters. The second-order valence-corrected chi connectivity index (χ2v) is 5.27. The lowest BCUT2D eigenvalue weighted by atomic mass is 10.0. The third kappa shape index (κ3) is 2.29. The van der Waals surface area contributed by atoms with Gasteiger partial charge in [-0.2, -0.15) is 0 Å². The smallest absolute Gasteiger partial charge is 0.322 e. The molecule has 0 bridgehead atoms. The molecule has 1 fully saturated rings. The topological polar surface area (TPSA) is 78.7 Å². The fraction of sp³-hybridized carbons (Fsp3) is 0.429. The zero-order valence-corrected chi connectivity index (χ0v) is 11.2. The average molecular weight is 274 g/mol. The minimum Gasteiger partial charge on any atom is -0.351 e. The van der Waals surface area contributed by atoms with E-state index in [0.717, 1.165) is 24.1 Å². The van der Waals surface area contributed by atoms with E-state index in [-0.39, 0.29) is 18.1 Å². The van der Waals surface area contributed by atoms with Crippen LogP contribution in [0.25, 0.3) is 0 Å². The number of amides is 4. The number of para-hydroxylation sites is 1. The second kappa shape index (κ2) is 5.03. The summed E-state index contributed by atoms with van der Waals surface area (Å²) in [6, 6.07) is 7.57. The largest absolute Gasteiger partial charge is 0.351 e. The summed E-state index contributed by atoms with van der Waals surface area (Å²) in [5, 5.41) is 2.92. The van der Waals surface area contributed by atoms with Crippen LogP contribution in [0.2, 0.25) is 0 Å². The maximum atomic E-state index is 12.2. The Hall–Kier alpha value is -2.24. The lowest BCUT2D eigenvalue weighted by Gasteiger charge is -2.40. The van der Waals surface area contributed by atoms with Crippen LogP contribution < -0.4 is 11.1 Å². The highest BCUT2D eigenvalue weighted by Crippen LogP contribution is 2.27. The highest BCUT2D eigenvalue weighted by atomic mass is 16.2. The van der Waals surface area contributed by atoms with E-state index in [1.807, 2.05) is 29.2 Å². The van der Waals surface area contributed by atoms with E-state index < -0.39 is 0 Å². The average Bonchev–Trinajstić information content (AvgIpc) is 2.46. The van der Waals surface area contributed by atoms with Crippen molar-refractivity contribution < 1.29 is 9.59 Å². The summed E-state index contributed by atoms with van der Waals surface area (Å²) in [5.41, 5.74) is 7.30. The highest BCUT2D eigenvalue weighted by Gasteiger charge is 2.31. The Morgan fingerprint density at radius 3 is 2.65 bits per heavy atom. The number of urea groups is 2. The quantitative estimate of drug-likeness (QED) is 0.815. The fourth-order valence-electron chi connectivity index (χ4n) is 2.92. The van der Waals surface area contributed by atoms with Crippen molar-refractivity contribution in [2.45, 2.75) is 25.4 Å². The highest BCUT2D eigenvalue weighted by molar-refractivity contribution is 5.92. The molecule has 1 aromatic rings. The van der Waals surface area contributed by atoms with E-state index in [1.54, 1.807) is 4.90 Å². The molecule has 3 N–H and O–H groups in total. The van der Waals surface area contributed by atoms with Crippen LogP contribution in [-0.4, -0.2) is 41.0 Å². The summed E-state index contributed by atoms with van der Waals surface area (Å²) in [7, 11) is 0. The van der Waals surface area contributed by atoms with Crippen molar-refractivity contribution in [2.75, 3.05) is 18.4 Å². The molecule has 0 aromatic heterocycles. The Kier molecular flexibility index (Phi) is 3.22. The van der Waals surface area contributed by atoms with Gasteiger partial charge in [-0.05, 0) is 24.5 Å². The number of rotatable bonds is 1. The van der Waals surface area contributed by atoms with Gasteiger partial charge in [-0.15, -0.1) is 0 Å². The first-order chi connectivity index (χ1) is 9.65. The van der Waals surface area contributed by atoms with Crippen LogP contribution in [0.3, 0.4) is 0 Å². The molecule has 6 heteroatoms. The van der Waals surface area contributed by atoms with E-state index in [2.05, 4.69) is 5.32 Å². The van der Waals surface area contributed by atoms with Crippen molar-refractivity contribution in [1.82, 2.24) is 9.80 Å². The van der Waals surface area contributed by atoms with Crippen molar-refractivity contribution >= 4 is 17.7 Å². The molecule has 0 saturated carbocycles. The first-order valence-electron chi connectivity index (χ1n) is 6.85. The Labute approximate surface area is 117 Å². The molecule has 2 heterocycles. The predicted octanol–water partition coefficient (Wildman–Crippen LogP) is 1.58. The molecular formula is C14H18N4O2. The molecule has 1 saturated heterocycles. The number of carbonyl (C=O) groups is 2. The molecule has 0 radical (unpaired) electrons. The maximum Gasteiger partial charge on any atom is 0.322 e. The van der Waals surface area contributed by atoms with E-state index in [0.29, 0.717) is 19.6 Å². The molecular weight excluding hydrogens is 256 g/mol. The fourth-order valence-corrected chi connectivity index (χ4v) is 2.92. The lowest BCUT2D eigenvalue weighted by Crippen LogP contribution is -2.51. The first-order valence-corrected chi connectivity index (χ1v) is 6.85. The zero-order chi connectivity index (χ0) is 14.1. The van der Waals surface area contributed by atoms with Crippen molar-refractivity contribution in [3.63, 3.8) is 0 Å². The predicted molar refractivity (Wildman–Crippen MR) is 75.2 cm³/mol. The molecule has 6 nitrogen and oxygen atoms in total. The summed E-state index contributed by atoms with van der Waals surface area (Å²) in [4.78, 5) is 26.8. The molecule has 0 atom stereocenters. The number of nitrogens with zero attached hydrogens (tertiary/aromatic N) is 2. The summed E-state index contributed by atoms with van der Waals surface area (Å²) >= 11 is 0. The van der Waals surface area contributed by atoms with Crippen LogP contribution in [-0.2, 0) is 6.54 Å². The minimum atomic E-state index is -0.378. The van der Waals surface area contributed by atoms with Crippen molar-refractivity contribution in [3.8, 4) is 0 Å². The molecule has 2 aliphatic rings. The summed E-state index contributed by atoms with van der Waals surface area (Å²) in [6.45, 7) is 1.86. The van der Waals surface area contributed by atoms with Crippen LogP contribution in [0.5, 0.6) is 0 Å². The van der Waals surface area contributed by atoms with E-state index in [4.69, 9.17) is 5.73 Å². The number of fused-ring (bicyclic) bond motifs is 1. The SMILES string of the molecule is NC(=O)N1CCC(N2Cc3ccccc3NC2=O)CC1. The molecule has 1 aromatic carbocycles. The van der Waals surface area contributed by atoms with Gasteiger partial charge in [0.2, 0.25) is 0 Å². The van der Waals surface area contributed by atoms with Gasteiger partial charge >= 0.3 is 12.1 Å². The number of hydrogen-bond acceptors (Lipinski definition) is 2. The van der Waals surface area contributed by atoms with Gasteiger partial charge in [0.25, 0.3) is 0 Å². The number of hydrogen-bond donors (Lipinski definition) is 2. The van der Waals surface area contributed by atoms with E-state index >= 15 is 0 Å². The Bertz CT molecular complexity index is 538. The van der Waals surface area contributed by atoms with Gasteiger partial charge in [0.1, 0.15) is 0 Å². The summed E-state index contributed by atoms with van der Waals surface area (Å²) < 4.78 is 0. The van der Waals surface area contributed by atoms with Crippen molar-refractivity contribution in [2.24, 2.45) is 5.73 Å². The molecule has 0 spiro atoms. The van der Waals surface area contributed by atoms with Gasteiger partial charge in [-0.3, -0.25) is 0 Å². The van der Waals surface area contributed by atoms with Crippen LogP contribution in [0, 0.1) is 0 Å². The standard InChI is InChI=1S/C14H18N4O2/c15-13(19)17-7-5-11(6-8-17)18-9-10-3-1-2-4-12(10)16-14(18)20/h1-4,11H,5-9H2,(H2,15,19)(H,16,20). The number of anilines is 1. The Balaban J connectivity index is 1.70. The number of primary amides is 1. The number of piperidine rings is 1. The van der Waals surface area contributed by atoms with Crippen LogP contribution in [0.4, 0.5) is 15.3 Å². The lowest BCUT2D eigenvalue weighted by molar-refractivity contribution is 0.131. The molecule has 0 aliphatic carbocycles. The molecule has 2 aliphatic heterocycles. The second-order valence-electron chi connectivity index (χ2n) is 5.27. The molecule has 4 amide bonds. The zero-order valence-electron chi connectivity index (χ0n) is 11.2. The minimum absolute atomic E-state index is 0.0544. The third-order valence-corrected chi connectivity index (χ3v) is 4.08. The first kappa shape index (κ1) is 12.8. The van der Waals surface area contributed by atoms with Crippen molar-refractivity contribution in [1.29, 1.82) is 0 Å². The van der Waals surface area contributed by atoms with Crippen molar-refractivity contribution in [3.05, 3.63) is 29.8 Å². The number of nitrogens with one attached hydrogen (secondary N) is 1. The van der Waals surface area contributed by atoms with Gasteiger partial charge in [0.05, 0.1) is 0 Å². The normalized spacial score (nSPS) is 19.5. The van der Waals surface area contributed by atoms with E-state index in [1.165, 1.54) is 0 Å². The van der Waals surface area contributed by atoms with Gasteiger partial charge in [0, 0.05) is 31.4 Å². The van der Waals surface area contributed by atoms with Crippen LogP contribution in [0.1, 0.15) is 18.4 Å². The maximum absolute atomic E-state index is 12.2. The Morgan fingerprint density at radius 1 is 1.25 bits per heavy atom. The van der Waals surface area contributed by atoms with Gasteiger partial charge in [-0.1, -0.05) is 18.2 Å². The van der Waals surface area contributed by atoms with Gasteiger partial charge in [-0.25, -0.2) is 9.59 Å². The van der Waals surface area contributed by atoms with Crippen LogP contribution >= 0.6 is 0 Å². The molecule has 106 valence electrons. The number of likely N-dealkylation sites (tertiary alicyclic amines) is 1. The number of benzene rings is 1. The Morgan fingerprint density at radius 2 is 1.95 bits per heavy atom. The third-order valence-electron chi connectivity index (χ3n) is 4.08. The molecule has 20 heavy (non-hydrogen) atoms. The monoisotopic (exact) mass is 274 g/mol. The van der Waals surface area contributed by atoms with Gasteiger partial charge in [0.15, 0.2) is 0 Å². The van der Waals surface area contributed by atoms with Gasteiger partial charge < -0.3 is 20.9 Å². The van der Waals surface area contributed by atoms with E-state index in [9.17, 15) is 9.59 Å². The summed E-state index contributed by atoms with van der Waals surface area (Å²) in [5.74, 6) is 0. The number of nitrogens with two attached hydrogens (primary N) is 1. The summed E-state index contributed by atoms with van der Waals surface area (Å²) in [6.07, 6.45) is 1.55. The van der Waals surface area contributed by atoms with Crippen LogP contribution in [0.15, 0.2) is 24.3 Å². The molecule has 3 rings (SSSR count).